The Kier molecular flexibility index (Phi) is 6.51. The molecule has 0 spiro atoms. The molecule has 8 rings (SSSR count). The molecule has 0 unspecified atom stereocenters. The van der Waals surface area contributed by atoms with E-state index < -0.39 is 0 Å². The molecule has 0 saturated heterocycles. The van der Waals surface area contributed by atoms with Crippen LogP contribution in [-0.2, 0) is 0 Å². The molecule has 44 heavy (non-hydrogen) atoms. The second-order valence-electron chi connectivity index (χ2n) is 11.1. The van der Waals surface area contributed by atoms with Gasteiger partial charge in [-0.05, 0) is 81.9 Å². The zero-order chi connectivity index (χ0) is 29.3. The maximum atomic E-state index is 3.74. The van der Waals surface area contributed by atoms with Gasteiger partial charge in [-0.15, -0.1) is 0 Å². The second kappa shape index (κ2) is 11.1. The molecule has 0 saturated carbocycles. The van der Waals surface area contributed by atoms with Crippen molar-refractivity contribution in [2.45, 2.75) is 0 Å². The summed E-state index contributed by atoms with van der Waals surface area (Å²) in [5.74, 6) is 0. The Morgan fingerprint density at radius 3 is 1.57 bits per heavy atom. The number of rotatable bonds is 6. The zero-order valence-electron chi connectivity index (χ0n) is 24.2. The van der Waals surface area contributed by atoms with Crippen molar-refractivity contribution in [2.75, 3.05) is 5.32 Å². The van der Waals surface area contributed by atoms with Crippen molar-refractivity contribution in [3.8, 4) is 39.1 Å². The Hall–Kier alpha value is -5.86. The lowest BCUT2D eigenvalue weighted by atomic mass is 9.99. The standard InChI is InChI=1S/C42H30N2/c1-3-11-30(12-4-1)32-23-27-37(28-24-32)44-40-19-8-7-17-38(40)42-39(18-10-20-41(42)44)43-36-25-21-33(22-26-36)35-16-9-15-34(29-35)31-13-5-2-6-14-31/h1-29,43H. The Morgan fingerprint density at radius 1 is 0.364 bits per heavy atom. The molecule has 0 fully saturated rings. The van der Waals surface area contributed by atoms with E-state index in [0.29, 0.717) is 0 Å². The van der Waals surface area contributed by atoms with Crippen molar-refractivity contribution in [3.63, 3.8) is 0 Å². The van der Waals surface area contributed by atoms with E-state index >= 15 is 0 Å². The fourth-order valence-electron chi connectivity index (χ4n) is 6.25. The molecule has 8 aromatic rings. The SMILES string of the molecule is c1ccc(-c2ccc(-n3c4ccccc4c4c(Nc5ccc(-c6cccc(-c7ccccc7)c6)cc5)cccc43)cc2)cc1. The first kappa shape index (κ1) is 25.8. The highest BCUT2D eigenvalue weighted by Gasteiger charge is 2.15. The fourth-order valence-corrected chi connectivity index (χ4v) is 6.25. The van der Waals surface area contributed by atoms with Gasteiger partial charge < -0.3 is 9.88 Å². The van der Waals surface area contributed by atoms with Crippen molar-refractivity contribution >= 4 is 33.2 Å². The molecule has 0 aliphatic carbocycles. The first-order valence-corrected chi connectivity index (χ1v) is 15.0. The van der Waals surface area contributed by atoms with E-state index in [1.807, 2.05) is 0 Å². The van der Waals surface area contributed by atoms with Crippen molar-refractivity contribution in [1.29, 1.82) is 0 Å². The number of anilines is 2. The maximum Gasteiger partial charge on any atom is 0.0562 e. The molecule has 7 aromatic carbocycles. The van der Waals surface area contributed by atoms with Crippen LogP contribution < -0.4 is 5.32 Å². The lowest BCUT2D eigenvalue weighted by molar-refractivity contribution is 1.18. The van der Waals surface area contributed by atoms with Gasteiger partial charge in [-0.25, -0.2) is 0 Å². The summed E-state index contributed by atoms with van der Waals surface area (Å²) in [6.07, 6.45) is 0. The van der Waals surface area contributed by atoms with E-state index in [2.05, 4.69) is 186 Å². The largest absolute Gasteiger partial charge is 0.355 e. The van der Waals surface area contributed by atoms with Crippen LogP contribution in [0.25, 0.3) is 60.9 Å². The molecule has 0 radical (unpaired) electrons. The fraction of sp³-hybridized carbons (Fsp3) is 0. The summed E-state index contributed by atoms with van der Waals surface area (Å²) in [5.41, 5.74) is 13.0. The number of para-hydroxylation sites is 1. The molecule has 0 bridgehead atoms. The summed E-state index contributed by atoms with van der Waals surface area (Å²) in [4.78, 5) is 0. The van der Waals surface area contributed by atoms with Gasteiger partial charge in [0.1, 0.15) is 0 Å². The third-order valence-corrected chi connectivity index (χ3v) is 8.40. The third kappa shape index (κ3) is 4.73. The van der Waals surface area contributed by atoms with E-state index in [-0.39, 0.29) is 0 Å². The van der Waals surface area contributed by atoms with E-state index in [1.54, 1.807) is 0 Å². The normalized spacial score (nSPS) is 11.2. The van der Waals surface area contributed by atoms with Gasteiger partial charge in [0.15, 0.2) is 0 Å². The molecule has 0 amide bonds. The highest BCUT2D eigenvalue weighted by atomic mass is 15.0. The van der Waals surface area contributed by atoms with Crippen LogP contribution in [0.2, 0.25) is 0 Å². The quantitative estimate of drug-likeness (QED) is 0.213. The molecular formula is C42H30N2. The van der Waals surface area contributed by atoms with Crippen LogP contribution in [-0.4, -0.2) is 4.57 Å². The average molecular weight is 563 g/mol. The van der Waals surface area contributed by atoms with Gasteiger partial charge in [0.25, 0.3) is 0 Å². The number of benzene rings is 7. The minimum absolute atomic E-state index is 1.06. The maximum absolute atomic E-state index is 3.74. The van der Waals surface area contributed by atoms with Gasteiger partial charge in [-0.3, -0.25) is 0 Å². The first-order valence-electron chi connectivity index (χ1n) is 15.0. The molecule has 2 heteroatoms. The summed E-state index contributed by atoms with van der Waals surface area (Å²) >= 11 is 0. The summed E-state index contributed by atoms with van der Waals surface area (Å²) < 4.78 is 2.37. The predicted molar refractivity (Wildman–Crippen MR) is 187 cm³/mol. The molecular weight excluding hydrogens is 532 g/mol. The number of nitrogens with one attached hydrogen (secondary N) is 1. The average Bonchev–Trinajstić information content (AvgIpc) is 3.45. The van der Waals surface area contributed by atoms with Crippen LogP contribution in [0.1, 0.15) is 0 Å². The van der Waals surface area contributed by atoms with Gasteiger partial charge in [-0.1, -0.05) is 127 Å². The third-order valence-electron chi connectivity index (χ3n) is 8.40. The number of nitrogens with zero attached hydrogens (tertiary/aromatic N) is 1. The molecule has 208 valence electrons. The Bertz CT molecular complexity index is 2210. The summed E-state index contributed by atoms with van der Waals surface area (Å²) in [6.45, 7) is 0. The van der Waals surface area contributed by atoms with E-state index in [9.17, 15) is 0 Å². The molecule has 2 nitrogen and oxygen atoms in total. The van der Waals surface area contributed by atoms with Crippen LogP contribution in [0.5, 0.6) is 0 Å². The van der Waals surface area contributed by atoms with E-state index in [0.717, 1.165) is 17.1 Å². The number of hydrogen-bond acceptors (Lipinski definition) is 1. The minimum atomic E-state index is 1.06. The van der Waals surface area contributed by atoms with Crippen LogP contribution in [0.3, 0.4) is 0 Å². The monoisotopic (exact) mass is 562 g/mol. The zero-order valence-corrected chi connectivity index (χ0v) is 24.2. The van der Waals surface area contributed by atoms with Gasteiger partial charge in [0, 0.05) is 27.8 Å². The Labute approximate surface area is 257 Å². The van der Waals surface area contributed by atoms with Crippen molar-refractivity contribution in [3.05, 3.63) is 176 Å². The number of fused-ring (bicyclic) bond motifs is 3. The van der Waals surface area contributed by atoms with Crippen LogP contribution in [0.15, 0.2) is 176 Å². The second-order valence-corrected chi connectivity index (χ2v) is 11.1. The predicted octanol–water partition coefficient (Wildman–Crippen LogP) is 11.5. The van der Waals surface area contributed by atoms with Crippen molar-refractivity contribution in [1.82, 2.24) is 4.57 Å². The van der Waals surface area contributed by atoms with Crippen LogP contribution >= 0.6 is 0 Å². The van der Waals surface area contributed by atoms with E-state index in [1.165, 1.54) is 55.2 Å². The van der Waals surface area contributed by atoms with Gasteiger partial charge in [0.05, 0.1) is 11.0 Å². The van der Waals surface area contributed by atoms with Crippen molar-refractivity contribution in [2.24, 2.45) is 0 Å². The number of hydrogen-bond donors (Lipinski definition) is 1. The highest BCUT2D eigenvalue weighted by Crippen LogP contribution is 2.38. The molecule has 1 N–H and O–H groups in total. The lowest BCUT2D eigenvalue weighted by Crippen LogP contribution is -1.95. The smallest absolute Gasteiger partial charge is 0.0562 e. The van der Waals surface area contributed by atoms with E-state index in [4.69, 9.17) is 0 Å². The topological polar surface area (TPSA) is 17.0 Å². The Balaban J connectivity index is 1.14. The molecule has 1 aromatic heterocycles. The van der Waals surface area contributed by atoms with Crippen LogP contribution in [0.4, 0.5) is 11.4 Å². The number of aromatic nitrogens is 1. The van der Waals surface area contributed by atoms with Crippen molar-refractivity contribution < 1.29 is 0 Å². The summed E-state index contributed by atoms with van der Waals surface area (Å²) in [6, 6.07) is 62.6. The molecule has 0 aliphatic heterocycles. The lowest BCUT2D eigenvalue weighted by Gasteiger charge is -2.12. The van der Waals surface area contributed by atoms with Gasteiger partial charge >= 0.3 is 0 Å². The molecule has 1 heterocycles. The molecule has 0 atom stereocenters. The molecule has 0 aliphatic rings. The first-order chi connectivity index (χ1) is 21.8. The van der Waals surface area contributed by atoms with Crippen LogP contribution in [0, 0.1) is 0 Å². The summed E-state index contributed by atoms with van der Waals surface area (Å²) in [7, 11) is 0. The Morgan fingerprint density at radius 2 is 0.864 bits per heavy atom. The van der Waals surface area contributed by atoms with Gasteiger partial charge in [0.2, 0.25) is 0 Å². The summed E-state index contributed by atoms with van der Waals surface area (Å²) in [5, 5.41) is 6.18. The van der Waals surface area contributed by atoms with Gasteiger partial charge in [-0.2, -0.15) is 0 Å². The highest BCUT2D eigenvalue weighted by molar-refractivity contribution is 6.15. The minimum Gasteiger partial charge on any atom is -0.355 e.